The van der Waals surface area contributed by atoms with Gasteiger partial charge in [0.15, 0.2) is 0 Å². The van der Waals surface area contributed by atoms with Crippen LogP contribution in [0.5, 0.6) is 0 Å². The Morgan fingerprint density at radius 3 is 2.88 bits per heavy atom. The van der Waals surface area contributed by atoms with Crippen LogP contribution in [-0.2, 0) is 10.2 Å². The van der Waals surface area contributed by atoms with Crippen molar-refractivity contribution in [3.05, 3.63) is 22.4 Å². The number of carbonyl (C=O) groups is 1. The Kier molecular flexibility index (Phi) is 3.30. The van der Waals surface area contributed by atoms with Gasteiger partial charge in [0.05, 0.1) is 5.41 Å². The number of hydrogen-bond acceptors (Lipinski definition) is 3. The van der Waals surface area contributed by atoms with Gasteiger partial charge in [0.25, 0.3) is 0 Å². The van der Waals surface area contributed by atoms with E-state index in [4.69, 9.17) is 0 Å². The standard InChI is InChI=1S/C12H18N2OS/c1-12(2,10-4-3-5-16-10)11(15)14-8-9-6-13-7-9/h3-5,9,13H,6-8H2,1-2H3,(H,14,15). The van der Waals surface area contributed by atoms with E-state index in [2.05, 4.69) is 10.6 Å². The summed E-state index contributed by atoms with van der Waals surface area (Å²) in [5, 5.41) is 8.26. The molecule has 1 aromatic heterocycles. The molecule has 0 saturated carbocycles. The lowest BCUT2D eigenvalue weighted by atomic mass is 9.90. The second-order valence-corrected chi connectivity index (χ2v) is 5.78. The molecule has 1 aliphatic rings. The van der Waals surface area contributed by atoms with E-state index in [1.54, 1.807) is 11.3 Å². The van der Waals surface area contributed by atoms with Crippen LogP contribution in [0.4, 0.5) is 0 Å². The molecule has 2 N–H and O–H groups in total. The molecule has 2 rings (SSSR count). The Hall–Kier alpha value is -0.870. The van der Waals surface area contributed by atoms with Crippen molar-refractivity contribution in [2.24, 2.45) is 5.92 Å². The van der Waals surface area contributed by atoms with E-state index in [1.807, 2.05) is 31.4 Å². The minimum absolute atomic E-state index is 0.127. The molecule has 88 valence electrons. The van der Waals surface area contributed by atoms with Gasteiger partial charge in [-0.25, -0.2) is 0 Å². The highest BCUT2D eigenvalue weighted by Crippen LogP contribution is 2.27. The second-order valence-electron chi connectivity index (χ2n) is 4.84. The number of nitrogens with one attached hydrogen (secondary N) is 2. The molecule has 0 bridgehead atoms. The Morgan fingerprint density at radius 1 is 1.62 bits per heavy atom. The van der Waals surface area contributed by atoms with Crippen molar-refractivity contribution in [3.8, 4) is 0 Å². The summed E-state index contributed by atoms with van der Waals surface area (Å²) in [5.74, 6) is 0.741. The number of thiophene rings is 1. The molecule has 0 radical (unpaired) electrons. The highest BCUT2D eigenvalue weighted by atomic mass is 32.1. The first-order valence-electron chi connectivity index (χ1n) is 5.63. The average Bonchev–Trinajstić information content (AvgIpc) is 2.68. The van der Waals surface area contributed by atoms with E-state index in [-0.39, 0.29) is 5.91 Å². The van der Waals surface area contributed by atoms with Gasteiger partial charge in [-0.05, 0) is 25.3 Å². The van der Waals surface area contributed by atoms with E-state index in [0.717, 1.165) is 24.5 Å². The smallest absolute Gasteiger partial charge is 0.230 e. The highest BCUT2D eigenvalue weighted by Gasteiger charge is 2.31. The van der Waals surface area contributed by atoms with Crippen LogP contribution < -0.4 is 10.6 Å². The minimum Gasteiger partial charge on any atom is -0.355 e. The van der Waals surface area contributed by atoms with Gasteiger partial charge in [-0.1, -0.05) is 6.07 Å². The van der Waals surface area contributed by atoms with Gasteiger partial charge in [0.2, 0.25) is 5.91 Å². The Labute approximate surface area is 100 Å². The minimum atomic E-state index is -0.411. The normalized spacial score (nSPS) is 16.9. The van der Waals surface area contributed by atoms with E-state index in [0.29, 0.717) is 5.92 Å². The van der Waals surface area contributed by atoms with Gasteiger partial charge in [-0.3, -0.25) is 4.79 Å². The van der Waals surface area contributed by atoms with Crippen LogP contribution in [0.1, 0.15) is 18.7 Å². The third-order valence-corrected chi connectivity index (χ3v) is 4.32. The largest absolute Gasteiger partial charge is 0.355 e. The maximum absolute atomic E-state index is 12.1. The van der Waals surface area contributed by atoms with E-state index in [9.17, 15) is 4.79 Å². The van der Waals surface area contributed by atoms with Crippen molar-refractivity contribution >= 4 is 17.2 Å². The van der Waals surface area contributed by atoms with Crippen LogP contribution in [0, 0.1) is 5.92 Å². The first-order chi connectivity index (χ1) is 7.60. The van der Waals surface area contributed by atoms with Crippen LogP contribution in [-0.4, -0.2) is 25.5 Å². The third kappa shape index (κ3) is 2.28. The molecule has 0 aliphatic carbocycles. The monoisotopic (exact) mass is 238 g/mol. The van der Waals surface area contributed by atoms with Crippen molar-refractivity contribution in [2.75, 3.05) is 19.6 Å². The molecule has 1 aliphatic heterocycles. The predicted octanol–water partition coefficient (Wildman–Crippen LogP) is 1.36. The summed E-state index contributed by atoms with van der Waals surface area (Å²) in [5.41, 5.74) is -0.411. The molecular weight excluding hydrogens is 220 g/mol. The van der Waals surface area contributed by atoms with Crippen LogP contribution >= 0.6 is 11.3 Å². The van der Waals surface area contributed by atoms with Crippen molar-refractivity contribution in [1.82, 2.24) is 10.6 Å². The number of hydrogen-bond donors (Lipinski definition) is 2. The fourth-order valence-electron chi connectivity index (χ4n) is 1.70. The van der Waals surface area contributed by atoms with Crippen molar-refractivity contribution < 1.29 is 4.79 Å². The quantitative estimate of drug-likeness (QED) is 0.831. The average molecular weight is 238 g/mol. The summed E-state index contributed by atoms with van der Waals surface area (Å²) in [4.78, 5) is 13.2. The molecule has 2 heterocycles. The van der Waals surface area contributed by atoms with Gasteiger partial charge in [0.1, 0.15) is 0 Å². The van der Waals surface area contributed by atoms with Gasteiger partial charge in [-0.15, -0.1) is 11.3 Å². The maximum atomic E-state index is 12.1. The molecule has 1 fully saturated rings. The zero-order chi connectivity index (χ0) is 11.6. The summed E-state index contributed by atoms with van der Waals surface area (Å²) >= 11 is 1.64. The van der Waals surface area contributed by atoms with Crippen molar-refractivity contribution in [2.45, 2.75) is 19.3 Å². The van der Waals surface area contributed by atoms with Crippen LogP contribution in [0.2, 0.25) is 0 Å². The Bertz CT molecular complexity index is 355. The van der Waals surface area contributed by atoms with E-state index >= 15 is 0 Å². The highest BCUT2D eigenvalue weighted by molar-refractivity contribution is 7.10. The molecule has 4 heteroatoms. The molecular formula is C12H18N2OS. The summed E-state index contributed by atoms with van der Waals surface area (Å²) in [7, 11) is 0. The van der Waals surface area contributed by atoms with Gasteiger partial charge < -0.3 is 10.6 Å². The summed E-state index contributed by atoms with van der Waals surface area (Å²) in [6, 6.07) is 4.01. The topological polar surface area (TPSA) is 41.1 Å². The predicted molar refractivity (Wildman–Crippen MR) is 66.7 cm³/mol. The van der Waals surface area contributed by atoms with Crippen molar-refractivity contribution in [1.29, 1.82) is 0 Å². The van der Waals surface area contributed by atoms with Crippen LogP contribution in [0.25, 0.3) is 0 Å². The third-order valence-electron chi connectivity index (χ3n) is 3.12. The van der Waals surface area contributed by atoms with Crippen LogP contribution in [0.3, 0.4) is 0 Å². The number of amides is 1. The summed E-state index contributed by atoms with van der Waals surface area (Å²) in [6.45, 7) is 6.81. The molecule has 1 saturated heterocycles. The second kappa shape index (κ2) is 4.55. The first kappa shape index (κ1) is 11.6. The fraction of sp³-hybridized carbons (Fsp3) is 0.583. The lowest BCUT2D eigenvalue weighted by Crippen LogP contribution is -2.50. The molecule has 1 aromatic rings. The first-order valence-corrected chi connectivity index (χ1v) is 6.51. The zero-order valence-electron chi connectivity index (χ0n) is 9.75. The molecule has 16 heavy (non-hydrogen) atoms. The Morgan fingerprint density at radius 2 is 2.38 bits per heavy atom. The number of rotatable bonds is 4. The SMILES string of the molecule is CC(C)(C(=O)NCC1CNC1)c1cccs1. The summed E-state index contributed by atoms with van der Waals surface area (Å²) in [6.07, 6.45) is 0. The molecule has 1 amide bonds. The zero-order valence-corrected chi connectivity index (χ0v) is 10.6. The Balaban J connectivity index is 1.92. The van der Waals surface area contributed by atoms with Gasteiger partial charge >= 0.3 is 0 Å². The number of carbonyl (C=O) groups excluding carboxylic acids is 1. The fourth-order valence-corrected chi connectivity index (χ4v) is 2.55. The lowest BCUT2D eigenvalue weighted by Gasteiger charge is -2.29. The lowest BCUT2D eigenvalue weighted by molar-refractivity contribution is -0.125. The van der Waals surface area contributed by atoms with Gasteiger partial charge in [-0.2, -0.15) is 0 Å². The van der Waals surface area contributed by atoms with E-state index in [1.165, 1.54) is 0 Å². The van der Waals surface area contributed by atoms with E-state index < -0.39 is 5.41 Å². The molecule has 0 spiro atoms. The van der Waals surface area contributed by atoms with Gasteiger partial charge in [0, 0.05) is 30.4 Å². The van der Waals surface area contributed by atoms with Crippen molar-refractivity contribution in [3.63, 3.8) is 0 Å². The molecule has 0 aromatic carbocycles. The van der Waals surface area contributed by atoms with Crippen LogP contribution in [0.15, 0.2) is 17.5 Å². The maximum Gasteiger partial charge on any atom is 0.230 e. The molecule has 0 atom stereocenters. The molecule has 3 nitrogen and oxygen atoms in total. The summed E-state index contributed by atoms with van der Waals surface area (Å²) < 4.78 is 0. The molecule has 0 unspecified atom stereocenters.